The summed E-state index contributed by atoms with van der Waals surface area (Å²) < 4.78 is 62.5. The zero-order chi connectivity index (χ0) is 23.1. The third-order valence-electron chi connectivity index (χ3n) is 5.85. The summed E-state index contributed by atoms with van der Waals surface area (Å²) in [5.41, 5.74) is 3.49. The molecular weight excluding hydrogens is 428 g/mol. The van der Waals surface area contributed by atoms with Crippen molar-refractivity contribution in [3.05, 3.63) is 114 Å². The van der Waals surface area contributed by atoms with Crippen molar-refractivity contribution in [2.24, 2.45) is 0 Å². The van der Waals surface area contributed by atoms with Crippen LogP contribution in [0.2, 0.25) is 0 Å². The summed E-state index contributed by atoms with van der Waals surface area (Å²) in [6.07, 6.45) is 0.911. The number of halogens is 4. The van der Waals surface area contributed by atoms with Gasteiger partial charge in [0.25, 0.3) is 0 Å². The predicted molar refractivity (Wildman–Crippen MR) is 121 cm³/mol. The molecule has 0 aromatic heterocycles. The van der Waals surface area contributed by atoms with E-state index in [0.717, 1.165) is 11.1 Å². The lowest BCUT2D eigenvalue weighted by Crippen LogP contribution is -1.96. The molecule has 4 aromatic carbocycles. The van der Waals surface area contributed by atoms with Crippen LogP contribution in [0.1, 0.15) is 17.2 Å². The molecular formula is C28H18F4O. The summed E-state index contributed by atoms with van der Waals surface area (Å²) in [5.74, 6) is -3.61. The lowest BCUT2D eigenvalue weighted by molar-refractivity contribution is 0.401. The Hall–Kier alpha value is -3.70. The molecule has 33 heavy (non-hydrogen) atoms. The molecule has 0 amide bonds. The first kappa shape index (κ1) is 21.2. The Morgan fingerprint density at radius 2 is 1.06 bits per heavy atom. The van der Waals surface area contributed by atoms with E-state index < -0.39 is 23.3 Å². The highest BCUT2D eigenvalue weighted by Crippen LogP contribution is 2.36. The van der Waals surface area contributed by atoms with Gasteiger partial charge in [-0.3, -0.25) is 0 Å². The minimum atomic E-state index is -0.927. The van der Waals surface area contributed by atoms with E-state index >= 15 is 0 Å². The average molecular weight is 446 g/mol. The minimum Gasteiger partial charge on any atom is -0.368 e. The van der Waals surface area contributed by atoms with Crippen molar-refractivity contribution in [1.29, 1.82) is 0 Å². The zero-order valence-electron chi connectivity index (χ0n) is 17.4. The van der Waals surface area contributed by atoms with Gasteiger partial charge in [-0.2, -0.15) is 0 Å². The quantitative estimate of drug-likeness (QED) is 0.224. The molecule has 1 fully saturated rings. The molecule has 1 heterocycles. The maximum absolute atomic E-state index is 14.6. The van der Waals surface area contributed by atoms with E-state index in [1.165, 1.54) is 18.2 Å². The van der Waals surface area contributed by atoms with E-state index in [4.69, 9.17) is 4.74 Å². The lowest BCUT2D eigenvalue weighted by atomic mass is 9.96. The van der Waals surface area contributed by atoms with Crippen LogP contribution in [0.25, 0.3) is 39.5 Å². The van der Waals surface area contributed by atoms with Gasteiger partial charge in [-0.15, -0.1) is 0 Å². The summed E-state index contributed by atoms with van der Waals surface area (Å²) in [6, 6.07) is 20.2. The Morgan fingerprint density at radius 3 is 1.55 bits per heavy atom. The molecule has 0 spiro atoms. The number of ether oxygens (including phenoxy) is 1. The summed E-state index contributed by atoms with van der Waals surface area (Å²) >= 11 is 0. The zero-order valence-corrected chi connectivity index (χ0v) is 17.4. The van der Waals surface area contributed by atoms with E-state index in [2.05, 4.69) is 6.58 Å². The fourth-order valence-electron chi connectivity index (χ4n) is 3.89. The Morgan fingerprint density at radius 1 is 0.606 bits per heavy atom. The Labute approximate surface area is 188 Å². The van der Waals surface area contributed by atoms with E-state index in [1.807, 2.05) is 0 Å². The Kier molecular flexibility index (Phi) is 5.35. The number of epoxide rings is 1. The average Bonchev–Trinajstić information content (AvgIpc) is 3.68. The van der Waals surface area contributed by atoms with Gasteiger partial charge in [-0.25, -0.2) is 17.6 Å². The lowest BCUT2D eigenvalue weighted by Gasteiger charge is -2.10. The van der Waals surface area contributed by atoms with E-state index in [0.29, 0.717) is 17.7 Å². The van der Waals surface area contributed by atoms with Crippen LogP contribution in [-0.4, -0.2) is 6.61 Å². The molecule has 4 aromatic rings. The van der Waals surface area contributed by atoms with E-state index in [9.17, 15) is 17.6 Å². The number of hydrogen-bond donors (Lipinski definition) is 0. The molecule has 0 radical (unpaired) electrons. The normalized spacial score (nSPS) is 14.8. The molecule has 5 rings (SSSR count). The molecule has 0 saturated carbocycles. The highest BCUT2D eigenvalue weighted by atomic mass is 19.2. The van der Waals surface area contributed by atoms with E-state index in [-0.39, 0.29) is 28.4 Å². The van der Waals surface area contributed by atoms with Gasteiger partial charge >= 0.3 is 0 Å². The molecule has 164 valence electrons. The Balaban J connectivity index is 1.41. The fourth-order valence-corrected chi connectivity index (χ4v) is 3.89. The van der Waals surface area contributed by atoms with Gasteiger partial charge in [0, 0.05) is 22.3 Å². The highest BCUT2D eigenvalue weighted by molar-refractivity contribution is 5.74. The third kappa shape index (κ3) is 3.85. The molecule has 0 N–H and O–H groups in total. The van der Waals surface area contributed by atoms with Gasteiger partial charge in [-0.1, -0.05) is 85.5 Å². The van der Waals surface area contributed by atoms with Crippen molar-refractivity contribution < 1.29 is 22.3 Å². The van der Waals surface area contributed by atoms with Crippen LogP contribution >= 0.6 is 0 Å². The van der Waals surface area contributed by atoms with E-state index in [1.54, 1.807) is 60.7 Å². The maximum Gasteiger partial charge on any atom is 0.167 e. The van der Waals surface area contributed by atoms with Crippen molar-refractivity contribution in [3.8, 4) is 33.4 Å². The van der Waals surface area contributed by atoms with Crippen LogP contribution in [0, 0.1) is 23.3 Å². The monoisotopic (exact) mass is 446 g/mol. The smallest absolute Gasteiger partial charge is 0.167 e. The van der Waals surface area contributed by atoms with Crippen LogP contribution < -0.4 is 0 Å². The van der Waals surface area contributed by atoms with Gasteiger partial charge in [0.1, 0.15) is 6.10 Å². The maximum atomic E-state index is 14.6. The highest BCUT2D eigenvalue weighted by Gasteiger charge is 2.30. The fraction of sp³-hybridized carbons (Fsp3) is 0.0714. The van der Waals surface area contributed by atoms with Gasteiger partial charge in [0.15, 0.2) is 23.3 Å². The molecule has 0 bridgehead atoms. The molecule has 1 atom stereocenters. The summed E-state index contributed by atoms with van der Waals surface area (Å²) in [6.45, 7) is 3.88. The van der Waals surface area contributed by atoms with Gasteiger partial charge in [0.05, 0.1) is 6.61 Å². The summed E-state index contributed by atoms with van der Waals surface area (Å²) in [7, 11) is 0. The van der Waals surface area contributed by atoms with Crippen molar-refractivity contribution >= 4 is 6.08 Å². The number of rotatable bonds is 5. The molecule has 0 aliphatic carbocycles. The van der Waals surface area contributed by atoms with Crippen LogP contribution in [0.15, 0.2) is 79.4 Å². The van der Waals surface area contributed by atoms with Crippen LogP contribution in [0.4, 0.5) is 17.6 Å². The van der Waals surface area contributed by atoms with Crippen LogP contribution in [0.3, 0.4) is 0 Å². The van der Waals surface area contributed by atoms with Gasteiger partial charge < -0.3 is 4.74 Å². The topological polar surface area (TPSA) is 12.5 Å². The van der Waals surface area contributed by atoms with Crippen molar-refractivity contribution in [2.45, 2.75) is 6.10 Å². The minimum absolute atomic E-state index is 0.111. The summed E-state index contributed by atoms with van der Waals surface area (Å²) in [4.78, 5) is 0. The first-order valence-corrected chi connectivity index (χ1v) is 10.4. The molecule has 5 heteroatoms. The first-order chi connectivity index (χ1) is 16.0. The van der Waals surface area contributed by atoms with Crippen LogP contribution in [0.5, 0.6) is 0 Å². The molecule has 1 saturated heterocycles. The second-order valence-electron chi connectivity index (χ2n) is 7.84. The standard InChI is InChI=1S/C28H18F4O/c1-2-16-11-12-21(26(30)25(16)29)19-7-3-17(4-8-19)18-5-9-20(10-6-18)22-13-14-23(24-15-33-24)28(32)27(22)31/h2-14,24H,1,15H2. The van der Waals surface area contributed by atoms with Crippen molar-refractivity contribution in [3.63, 3.8) is 0 Å². The number of hydrogen-bond acceptors (Lipinski definition) is 1. The molecule has 1 nitrogen and oxygen atoms in total. The SMILES string of the molecule is C=Cc1ccc(-c2ccc(-c3ccc(-c4ccc(C5CO5)c(F)c4F)cc3)cc2)c(F)c1F. The number of benzene rings is 4. The molecule has 1 aliphatic heterocycles. The van der Waals surface area contributed by atoms with Gasteiger partial charge in [0.2, 0.25) is 0 Å². The molecule has 1 aliphatic rings. The largest absolute Gasteiger partial charge is 0.368 e. The van der Waals surface area contributed by atoms with Crippen molar-refractivity contribution in [2.75, 3.05) is 6.61 Å². The van der Waals surface area contributed by atoms with Gasteiger partial charge in [-0.05, 0) is 22.3 Å². The summed E-state index contributed by atoms with van der Waals surface area (Å²) in [5, 5.41) is 0. The Bertz CT molecular complexity index is 1350. The molecule has 1 unspecified atom stereocenters. The third-order valence-corrected chi connectivity index (χ3v) is 5.85. The second kappa shape index (κ2) is 8.34. The van der Waals surface area contributed by atoms with Crippen molar-refractivity contribution in [1.82, 2.24) is 0 Å². The first-order valence-electron chi connectivity index (χ1n) is 10.4. The second-order valence-corrected chi connectivity index (χ2v) is 7.84. The predicted octanol–water partition coefficient (Wildman–Crippen LogP) is 7.96. The van der Waals surface area contributed by atoms with Crippen LogP contribution in [-0.2, 0) is 4.74 Å².